The summed E-state index contributed by atoms with van der Waals surface area (Å²) in [6.07, 6.45) is 0.756. The Labute approximate surface area is 183 Å². The van der Waals surface area contributed by atoms with Gasteiger partial charge in [0.15, 0.2) is 5.65 Å². The molecule has 0 saturated carbocycles. The van der Waals surface area contributed by atoms with E-state index in [1.54, 1.807) is 12.1 Å². The van der Waals surface area contributed by atoms with Crippen molar-refractivity contribution in [1.29, 1.82) is 0 Å². The average molecular weight is 438 g/mol. The summed E-state index contributed by atoms with van der Waals surface area (Å²) in [5.41, 5.74) is 10.9. The number of piperazine rings is 1. The fourth-order valence-corrected chi connectivity index (χ4v) is 4.75. The van der Waals surface area contributed by atoms with Crippen LogP contribution in [0, 0.1) is 5.82 Å². The van der Waals surface area contributed by atoms with Crippen LogP contribution in [0.1, 0.15) is 29.4 Å². The molecule has 1 aliphatic heterocycles. The summed E-state index contributed by atoms with van der Waals surface area (Å²) in [5.74, 6) is 0.661. The van der Waals surface area contributed by atoms with Gasteiger partial charge in [0.1, 0.15) is 22.7 Å². The van der Waals surface area contributed by atoms with Crippen molar-refractivity contribution >= 4 is 22.8 Å². The van der Waals surface area contributed by atoms with Crippen molar-refractivity contribution in [2.24, 2.45) is 5.73 Å². The minimum atomic E-state index is -0.449. The molecule has 0 radical (unpaired) electrons. The molecule has 9 heteroatoms. The number of nitrogens with two attached hydrogens (primary N) is 1. The molecular weight excluding hydrogens is 413 g/mol. The second-order valence-corrected chi connectivity index (χ2v) is 8.44. The summed E-state index contributed by atoms with van der Waals surface area (Å²) in [5, 5.41) is 11.0. The van der Waals surface area contributed by atoms with Crippen LogP contribution in [0.3, 0.4) is 0 Å². The third kappa shape index (κ3) is 3.80. The van der Waals surface area contributed by atoms with E-state index >= 15 is 0 Å². The van der Waals surface area contributed by atoms with Gasteiger partial charge in [-0.05, 0) is 42.8 Å². The van der Waals surface area contributed by atoms with E-state index in [0.717, 1.165) is 71.7 Å². The minimum Gasteiger partial charge on any atom is -0.353 e. The predicted octanol–water partition coefficient (Wildman–Crippen LogP) is 3.01. The first-order valence-electron chi connectivity index (χ1n) is 10.4. The highest BCUT2D eigenvalue weighted by molar-refractivity contribution is 7.10. The molecule has 1 fully saturated rings. The molecule has 0 aliphatic carbocycles. The standard InChI is InChI=1S/C22H24FN7S/c1-2-16-21(20(24)22-27-17(13-31-22)14-3-5-15(23)6-4-14)30-18(26-16)7-8-19(28-30)29-11-9-25-10-12-29/h3-8,13,20,25H,2,9-12,24H2,1H3. The summed E-state index contributed by atoms with van der Waals surface area (Å²) in [6, 6.07) is 9.92. The molecule has 4 aromatic rings. The first kappa shape index (κ1) is 20.0. The first-order valence-corrected chi connectivity index (χ1v) is 11.3. The maximum atomic E-state index is 13.3. The number of thiazole rings is 1. The number of nitrogens with zero attached hydrogens (tertiary/aromatic N) is 5. The van der Waals surface area contributed by atoms with Crippen LogP contribution in [0.5, 0.6) is 0 Å². The Morgan fingerprint density at radius 1 is 1.13 bits per heavy atom. The van der Waals surface area contributed by atoms with Crippen molar-refractivity contribution in [3.05, 3.63) is 64.0 Å². The number of nitrogens with one attached hydrogen (secondary N) is 1. The van der Waals surface area contributed by atoms with Gasteiger partial charge in [0.25, 0.3) is 0 Å². The molecule has 1 unspecified atom stereocenters. The van der Waals surface area contributed by atoms with E-state index in [2.05, 4.69) is 17.1 Å². The van der Waals surface area contributed by atoms with Crippen LogP contribution in [-0.2, 0) is 6.42 Å². The van der Waals surface area contributed by atoms with Gasteiger partial charge in [0, 0.05) is 37.1 Å². The Hall–Kier alpha value is -2.88. The Balaban J connectivity index is 1.53. The molecule has 7 nitrogen and oxygen atoms in total. The average Bonchev–Trinajstić information content (AvgIpc) is 3.44. The molecule has 0 spiro atoms. The molecule has 3 N–H and O–H groups in total. The lowest BCUT2D eigenvalue weighted by molar-refractivity contribution is 0.580. The number of imidazole rings is 1. The number of rotatable bonds is 5. The van der Waals surface area contributed by atoms with E-state index in [0.29, 0.717) is 0 Å². The van der Waals surface area contributed by atoms with E-state index in [1.807, 2.05) is 22.0 Å². The number of hydrogen-bond acceptors (Lipinski definition) is 7. The molecule has 1 aliphatic rings. The molecule has 0 bridgehead atoms. The molecule has 5 rings (SSSR count). The fraction of sp³-hybridized carbons (Fsp3) is 0.318. The van der Waals surface area contributed by atoms with Crippen LogP contribution in [0.25, 0.3) is 16.9 Å². The lowest BCUT2D eigenvalue weighted by atomic mass is 10.1. The van der Waals surface area contributed by atoms with Crippen molar-refractivity contribution < 1.29 is 4.39 Å². The zero-order valence-corrected chi connectivity index (χ0v) is 18.1. The Morgan fingerprint density at radius 3 is 2.65 bits per heavy atom. The van der Waals surface area contributed by atoms with Crippen molar-refractivity contribution in [2.75, 3.05) is 31.1 Å². The summed E-state index contributed by atoms with van der Waals surface area (Å²) < 4.78 is 15.1. The lowest BCUT2D eigenvalue weighted by Gasteiger charge is -2.28. The maximum absolute atomic E-state index is 13.3. The summed E-state index contributed by atoms with van der Waals surface area (Å²) >= 11 is 1.50. The van der Waals surface area contributed by atoms with Gasteiger partial charge in [-0.1, -0.05) is 6.92 Å². The summed E-state index contributed by atoms with van der Waals surface area (Å²) in [6.45, 7) is 5.80. The number of aromatic nitrogens is 4. The van der Waals surface area contributed by atoms with Gasteiger partial charge < -0.3 is 16.0 Å². The second kappa shape index (κ2) is 8.33. The van der Waals surface area contributed by atoms with Crippen LogP contribution < -0.4 is 16.0 Å². The normalized spacial score (nSPS) is 15.5. The Bertz CT molecular complexity index is 1190. The molecule has 1 aromatic carbocycles. The summed E-state index contributed by atoms with van der Waals surface area (Å²) in [4.78, 5) is 11.8. The van der Waals surface area contributed by atoms with Crippen LogP contribution in [0.15, 0.2) is 41.8 Å². The zero-order valence-electron chi connectivity index (χ0n) is 17.3. The molecule has 3 aromatic heterocycles. The Morgan fingerprint density at radius 2 is 1.90 bits per heavy atom. The van der Waals surface area contributed by atoms with Crippen LogP contribution >= 0.6 is 11.3 Å². The smallest absolute Gasteiger partial charge is 0.154 e. The quantitative estimate of drug-likeness (QED) is 0.499. The van der Waals surface area contributed by atoms with Gasteiger partial charge in [0.05, 0.1) is 17.1 Å². The summed E-state index contributed by atoms with van der Waals surface area (Å²) in [7, 11) is 0. The van der Waals surface area contributed by atoms with Crippen molar-refractivity contribution in [3.8, 4) is 11.3 Å². The van der Waals surface area contributed by atoms with E-state index < -0.39 is 6.04 Å². The van der Waals surface area contributed by atoms with Crippen LogP contribution in [0.4, 0.5) is 10.2 Å². The van der Waals surface area contributed by atoms with Gasteiger partial charge in [-0.2, -0.15) is 0 Å². The number of anilines is 1. The van der Waals surface area contributed by atoms with E-state index in [1.165, 1.54) is 23.5 Å². The predicted molar refractivity (Wildman–Crippen MR) is 121 cm³/mol. The van der Waals surface area contributed by atoms with E-state index in [9.17, 15) is 4.39 Å². The van der Waals surface area contributed by atoms with Crippen molar-refractivity contribution in [1.82, 2.24) is 24.9 Å². The van der Waals surface area contributed by atoms with Crippen molar-refractivity contribution in [3.63, 3.8) is 0 Å². The zero-order chi connectivity index (χ0) is 21.4. The van der Waals surface area contributed by atoms with E-state index in [-0.39, 0.29) is 5.82 Å². The molecule has 1 saturated heterocycles. The highest BCUT2D eigenvalue weighted by Crippen LogP contribution is 2.30. The van der Waals surface area contributed by atoms with Gasteiger partial charge in [-0.3, -0.25) is 0 Å². The minimum absolute atomic E-state index is 0.263. The number of halogens is 1. The van der Waals surface area contributed by atoms with Gasteiger partial charge in [-0.25, -0.2) is 18.9 Å². The highest BCUT2D eigenvalue weighted by Gasteiger charge is 2.24. The number of fused-ring (bicyclic) bond motifs is 1. The topological polar surface area (TPSA) is 84.4 Å². The fourth-order valence-electron chi connectivity index (χ4n) is 3.92. The Kier molecular flexibility index (Phi) is 5.39. The first-order chi connectivity index (χ1) is 15.1. The van der Waals surface area contributed by atoms with Gasteiger partial charge in [-0.15, -0.1) is 16.4 Å². The van der Waals surface area contributed by atoms with E-state index in [4.69, 9.17) is 20.8 Å². The molecule has 1 atom stereocenters. The largest absolute Gasteiger partial charge is 0.353 e. The molecule has 0 amide bonds. The number of aryl methyl sites for hydroxylation is 1. The van der Waals surface area contributed by atoms with Crippen LogP contribution in [-0.4, -0.2) is 45.8 Å². The van der Waals surface area contributed by atoms with Crippen molar-refractivity contribution in [2.45, 2.75) is 19.4 Å². The SMILES string of the molecule is CCc1nc2ccc(N3CCNCC3)nn2c1C(N)c1nc(-c2ccc(F)cc2)cs1. The van der Waals surface area contributed by atoms with Gasteiger partial charge >= 0.3 is 0 Å². The third-order valence-electron chi connectivity index (χ3n) is 5.57. The maximum Gasteiger partial charge on any atom is 0.154 e. The van der Waals surface area contributed by atoms with Crippen LogP contribution in [0.2, 0.25) is 0 Å². The molecule has 160 valence electrons. The second-order valence-electron chi connectivity index (χ2n) is 7.55. The lowest BCUT2D eigenvalue weighted by Crippen LogP contribution is -2.44. The number of benzene rings is 1. The molecule has 31 heavy (non-hydrogen) atoms. The number of hydrogen-bond donors (Lipinski definition) is 2. The highest BCUT2D eigenvalue weighted by atomic mass is 32.1. The monoisotopic (exact) mass is 437 g/mol. The molecular formula is C22H24FN7S. The molecule has 4 heterocycles. The third-order valence-corrected chi connectivity index (χ3v) is 6.50. The van der Waals surface area contributed by atoms with Gasteiger partial charge in [0.2, 0.25) is 0 Å².